The zero-order valence-corrected chi connectivity index (χ0v) is 13.4. The summed E-state index contributed by atoms with van der Waals surface area (Å²) in [6, 6.07) is 0. The molecule has 0 nitrogen and oxygen atoms in total. The highest BCUT2D eigenvalue weighted by molar-refractivity contribution is 6.84. The summed E-state index contributed by atoms with van der Waals surface area (Å²) in [6.07, 6.45) is 0. The molecule has 0 spiro atoms. The van der Waals surface area contributed by atoms with Crippen LogP contribution in [0.15, 0.2) is 24.3 Å². The molecule has 86 valence electrons. The first-order chi connectivity index (χ1) is 7.01. The van der Waals surface area contributed by atoms with Crippen molar-refractivity contribution in [1.29, 1.82) is 0 Å². The Morgan fingerprint density at radius 2 is 0.938 bits per heavy atom. The average molecular weight is 247 g/mol. The fourth-order valence-corrected chi connectivity index (χ4v) is 1.73. The maximum absolute atomic E-state index is 3.92. The van der Waals surface area contributed by atoms with Crippen molar-refractivity contribution in [2.45, 2.75) is 39.3 Å². The van der Waals surface area contributed by atoms with E-state index in [0.29, 0.717) is 0 Å². The lowest BCUT2D eigenvalue weighted by molar-refractivity contribution is 1.71. The lowest BCUT2D eigenvalue weighted by Gasteiger charge is -2.05. The van der Waals surface area contributed by atoms with E-state index in [9.17, 15) is 0 Å². The van der Waals surface area contributed by atoms with Crippen molar-refractivity contribution >= 4 is 16.1 Å². The normalized spacial score (nSPS) is 10.6. The van der Waals surface area contributed by atoms with Crippen LogP contribution in [0, 0.1) is 22.9 Å². The summed E-state index contributed by atoms with van der Waals surface area (Å²) >= 11 is 0. The van der Waals surface area contributed by atoms with E-state index in [0.717, 1.165) is 11.1 Å². The van der Waals surface area contributed by atoms with Gasteiger partial charge in [-0.1, -0.05) is 64.3 Å². The van der Waals surface area contributed by atoms with Gasteiger partial charge in [-0.15, -0.1) is 11.1 Å². The van der Waals surface area contributed by atoms with Gasteiger partial charge < -0.3 is 0 Å². The number of hydrogen-bond acceptors (Lipinski definition) is 0. The van der Waals surface area contributed by atoms with Crippen molar-refractivity contribution in [2.75, 3.05) is 0 Å². The van der Waals surface area contributed by atoms with Crippen LogP contribution in [-0.4, -0.2) is 16.1 Å². The third kappa shape index (κ3) is 8.35. The average Bonchev–Trinajstić information content (AvgIpc) is 2.07. The monoisotopic (exact) mass is 246 g/mol. The van der Waals surface area contributed by atoms with Crippen LogP contribution >= 0.6 is 0 Å². The predicted octanol–water partition coefficient (Wildman–Crippen LogP) is 3.86. The molecule has 2 heteroatoms. The van der Waals surface area contributed by atoms with Crippen molar-refractivity contribution in [2.24, 2.45) is 0 Å². The molecular weight excluding hydrogens is 224 g/mol. The quantitative estimate of drug-likeness (QED) is 0.374. The molecule has 0 N–H and O–H groups in total. The van der Waals surface area contributed by atoms with E-state index in [1.807, 2.05) is 0 Å². The molecule has 0 saturated heterocycles. The topological polar surface area (TPSA) is 0 Å². The van der Waals surface area contributed by atoms with E-state index in [4.69, 9.17) is 0 Å². The zero-order valence-electron chi connectivity index (χ0n) is 11.4. The van der Waals surface area contributed by atoms with Gasteiger partial charge in [0.1, 0.15) is 16.1 Å². The fourth-order valence-electron chi connectivity index (χ4n) is 0.677. The van der Waals surface area contributed by atoms with Crippen molar-refractivity contribution in [1.82, 2.24) is 0 Å². The highest BCUT2D eigenvalue weighted by atomic mass is 28.3. The zero-order chi connectivity index (χ0) is 13.0. The molecular formula is C14H22Si2. The van der Waals surface area contributed by atoms with Gasteiger partial charge in [0.05, 0.1) is 0 Å². The number of rotatable bonds is 1. The van der Waals surface area contributed by atoms with Crippen molar-refractivity contribution in [3.05, 3.63) is 24.3 Å². The van der Waals surface area contributed by atoms with E-state index in [1.54, 1.807) is 0 Å². The van der Waals surface area contributed by atoms with Gasteiger partial charge in [0.2, 0.25) is 0 Å². The van der Waals surface area contributed by atoms with Crippen LogP contribution in [0.2, 0.25) is 39.3 Å². The molecule has 0 amide bonds. The minimum Gasteiger partial charge on any atom is -0.127 e. The largest absolute Gasteiger partial charge is 0.129 e. The molecule has 0 unspecified atom stereocenters. The Balaban J connectivity index is 4.70. The second-order valence-electron chi connectivity index (χ2n) is 5.96. The van der Waals surface area contributed by atoms with Gasteiger partial charge in [0.15, 0.2) is 0 Å². The lowest BCUT2D eigenvalue weighted by atomic mass is 10.1. The van der Waals surface area contributed by atoms with Gasteiger partial charge in [-0.05, 0) is 0 Å². The van der Waals surface area contributed by atoms with Crippen molar-refractivity contribution < 1.29 is 0 Å². The molecule has 0 aliphatic rings. The molecule has 16 heavy (non-hydrogen) atoms. The maximum atomic E-state index is 3.92. The molecule has 0 aliphatic carbocycles. The maximum Gasteiger partial charge on any atom is 0.129 e. The van der Waals surface area contributed by atoms with Crippen LogP contribution < -0.4 is 0 Å². The number of hydrogen-bond donors (Lipinski definition) is 0. The summed E-state index contributed by atoms with van der Waals surface area (Å²) in [4.78, 5) is 0. The summed E-state index contributed by atoms with van der Waals surface area (Å²) in [7, 11) is -2.66. The Kier molecular flexibility index (Phi) is 5.06. The lowest BCUT2D eigenvalue weighted by Crippen LogP contribution is -2.16. The molecule has 0 aromatic heterocycles. The van der Waals surface area contributed by atoms with Gasteiger partial charge in [-0.3, -0.25) is 0 Å². The van der Waals surface area contributed by atoms with E-state index >= 15 is 0 Å². The summed E-state index contributed by atoms with van der Waals surface area (Å²) in [5, 5.41) is 0. The first-order valence-electron chi connectivity index (χ1n) is 5.46. The Morgan fingerprint density at radius 3 is 1.12 bits per heavy atom. The second kappa shape index (κ2) is 5.39. The SMILES string of the molecule is C=C(C#C[Si](C)(C)C)C(=C)C#C[Si](C)(C)C. The van der Waals surface area contributed by atoms with Crippen molar-refractivity contribution in [3.8, 4) is 22.9 Å². The Morgan fingerprint density at radius 1 is 0.688 bits per heavy atom. The Labute approximate surface area is 103 Å². The highest BCUT2D eigenvalue weighted by Gasteiger charge is 2.09. The fraction of sp³-hybridized carbons (Fsp3) is 0.429. The van der Waals surface area contributed by atoms with Crippen LogP contribution in [-0.2, 0) is 0 Å². The third-order valence-electron chi connectivity index (χ3n) is 1.54. The van der Waals surface area contributed by atoms with Gasteiger partial charge in [0, 0.05) is 11.1 Å². The molecule has 0 bridgehead atoms. The van der Waals surface area contributed by atoms with Gasteiger partial charge in [-0.2, -0.15) is 0 Å². The second-order valence-corrected chi connectivity index (χ2v) is 15.5. The standard InChI is InChI=1S/C14H22Si2/c1-13(9-11-15(3,4)5)14(2)10-12-16(6,7)8/h1-2H2,3-8H3. The molecule has 0 rings (SSSR count). The molecule has 0 radical (unpaired) electrons. The summed E-state index contributed by atoms with van der Waals surface area (Å²) in [5.41, 5.74) is 8.09. The van der Waals surface area contributed by atoms with Crippen LogP contribution in [0.1, 0.15) is 0 Å². The minimum absolute atomic E-state index is 0.771. The van der Waals surface area contributed by atoms with Gasteiger partial charge >= 0.3 is 0 Å². The van der Waals surface area contributed by atoms with Crippen molar-refractivity contribution in [3.63, 3.8) is 0 Å². The Hall–Kier alpha value is -0.966. The minimum atomic E-state index is -1.33. The molecule has 0 aromatic rings. The Bertz CT molecular complexity index is 364. The molecule has 0 aliphatic heterocycles. The van der Waals surface area contributed by atoms with Crippen LogP contribution in [0.25, 0.3) is 0 Å². The summed E-state index contributed by atoms with van der Waals surface area (Å²) in [5.74, 6) is 6.18. The van der Waals surface area contributed by atoms with E-state index in [1.165, 1.54) is 0 Å². The molecule has 0 saturated carbocycles. The van der Waals surface area contributed by atoms with Crippen LogP contribution in [0.4, 0.5) is 0 Å². The molecule has 0 atom stereocenters. The smallest absolute Gasteiger partial charge is 0.127 e. The van der Waals surface area contributed by atoms with Crippen LogP contribution in [0.5, 0.6) is 0 Å². The predicted molar refractivity (Wildman–Crippen MR) is 80.5 cm³/mol. The highest BCUT2D eigenvalue weighted by Crippen LogP contribution is 2.05. The summed E-state index contributed by atoms with van der Waals surface area (Å²) < 4.78 is 0. The van der Waals surface area contributed by atoms with E-state index < -0.39 is 16.1 Å². The first kappa shape index (κ1) is 15.0. The summed E-state index contributed by atoms with van der Waals surface area (Å²) in [6.45, 7) is 21.1. The van der Waals surface area contributed by atoms with E-state index in [-0.39, 0.29) is 0 Å². The van der Waals surface area contributed by atoms with Crippen LogP contribution in [0.3, 0.4) is 0 Å². The number of allylic oxidation sites excluding steroid dienone is 2. The first-order valence-corrected chi connectivity index (χ1v) is 12.5. The molecule has 0 fully saturated rings. The molecule has 0 heterocycles. The van der Waals surface area contributed by atoms with Gasteiger partial charge in [-0.25, -0.2) is 0 Å². The molecule has 0 aromatic carbocycles. The third-order valence-corrected chi connectivity index (χ3v) is 3.29. The van der Waals surface area contributed by atoms with E-state index in [2.05, 4.69) is 75.4 Å². The van der Waals surface area contributed by atoms with Gasteiger partial charge in [0.25, 0.3) is 0 Å².